The van der Waals surface area contributed by atoms with Gasteiger partial charge in [0.1, 0.15) is 5.75 Å². The molecule has 0 unspecified atom stereocenters. The van der Waals surface area contributed by atoms with E-state index in [-0.39, 0.29) is 29.5 Å². The number of hydrogen-bond donors (Lipinski definition) is 0. The van der Waals surface area contributed by atoms with Crippen molar-refractivity contribution in [3.05, 3.63) is 70.6 Å². The Bertz CT molecular complexity index is 1130. The molecule has 0 N–H and O–H groups in total. The van der Waals surface area contributed by atoms with Crippen molar-refractivity contribution in [2.24, 2.45) is 0 Å². The molecule has 4 rings (SSSR count). The molecule has 0 atom stereocenters. The summed E-state index contributed by atoms with van der Waals surface area (Å²) in [5, 5.41) is 6.71. The third-order valence-corrected chi connectivity index (χ3v) is 5.86. The first-order valence-electron chi connectivity index (χ1n) is 10.8. The number of nitrogens with zero attached hydrogens (tertiary/aromatic N) is 3. The van der Waals surface area contributed by atoms with E-state index in [1.807, 2.05) is 53.4 Å². The van der Waals surface area contributed by atoms with Gasteiger partial charge < -0.3 is 9.64 Å². The molecule has 2 heterocycles. The first-order chi connectivity index (χ1) is 14.8. The van der Waals surface area contributed by atoms with Gasteiger partial charge in [0.2, 0.25) is 0 Å². The molecule has 0 saturated carbocycles. The number of carbonyl (C=O) groups excluding carboxylic acids is 1. The molecular formula is C25H29N3O3. The number of ether oxygens (including phenoxy) is 1. The van der Waals surface area contributed by atoms with Gasteiger partial charge in [-0.1, -0.05) is 57.2 Å². The van der Waals surface area contributed by atoms with E-state index in [1.165, 1.54) is 0 Å². The number of hydrogen-bond acceptors (Lipinski definition) is 4. The summed E-state index contributed by atoms with van der Waals surface area (Å²) in [6.07, 6.45) is 1.42. The van der Waals surface area contributed by atoms with Crippen molar-refractivity contribution in [1.82, 2.24) is 14.7 Å². The Morgan fingerprint density at radius 2 is 1.74 bits per heavy atom. The zero-order chi connectivity index (χ0) is 22.0. The Kier molecular flexibility index (Phi) is 5.81. The van der Waals surface area contributed by atoms with Crippen LogP contribution in [0.4, 0.5) is 0 Å². The number of benzene rings is 2. The van der Waals surface area contributed by atoms with Crippen LogP contribution in [0.2, 0.25) is 0 Å². The summed E-state index contributed by atoms with van der Waals surface area (Å²) >= 11 is 0. The third kappa shape index (κ3) is 4.63. The molecule has 162 valence electrons. The number of amides is 1. The number of aromatic nitrogens is 2. The summed E-state index contributed by atoms with van der Waals surface area (Å²) in [5.74, 6) is 0.686. The molecule has 31 heavy (non-hydrogen) atoms. The minimum Gasteiger partial charge on any atom is -0.483 e. The number of fused-ring (bicyclic) bond motifs is 1. The highest BCUT2D eigenvalue weighted by Crippen LogP contribution is 2.26. The average molecular weight is 420 g/mol. The van der Waals surface area contributed by atoms with Crippen molar-refractivity contribution in [3.63, 3.8) is 0 Å². The van der Waals surface area contributed by atoms with Gasteiger partial charge in [-0.2, -0.15) is 5.10 Å². The lowest BCUT2D eigenvalue weighted by molar-refractivity contribution is -0.134. The lowest BCUT2D eigenvalue weighted by Crippen LogP contribution is -2.43. The molecule has 2 aromatic carbocycles. The van der Waals surface area contributed by atoms with Gasteiger partial charge in [-0.25, -0.2) is 4.68 Å². The number of carbonyl (C=O) groups is 1. The molecule has 6 nitrogen and oxygen atoms in total. The molecule has 1 aliphatic heterocycles. The van der Waals surface area contributed by atoms with Crippen molar-refractivity contribution in [1.29, 1.82) is 0 Å². The highest BCUT2D eigenvalue weighted by Gasteiger charge is 2.26. The van der Waals surface area contributed by atoms with Gasteiger partial charge in [-0.15, -0.1) is 0 Å². The fourth-order valence-electron chi connectivity index (χ4n) is 4.00. The van der Waals surface area contributed by atoms with Crippen molar-refractivity contribution in [2.75, 3.05) is 19.7 Å². The Hall–Kier alpha value is -3.15. The maximum absolute atomic E-state index is 12.7. The monoisotopic (exact) mass is 419 g/mol. The first-order valence-corrected chi connectivity index (χ1v) is 10.8. The van der Waals surface area contributed by atoms with Crippen molar-refractivity contribution >= 4 is 16.7 Å². The topological polar surface area (TPSA) is 64.4 Å². The van der Waals surface area contributed by atoms with Crippen LogP contribution in [0.3, 0.4) is 0 Å². The SMILES string of the molecule is CC(C)(C)c1ccc(=O)n(C2CCN(C(=O)COc3cccc4ccccc34)CC2)n1. The van der Waals surface area contributed by atoms with Gasteiger partial charge in [0.05, 0.1) is 11.7 Å². The molecule has 0 radical (unpaired) electrons. The van der Waals surface area contributed by atoms with E-state index < -0.39 is 0 Å². The molecule has 6 heteroatoms. The zero-order valence-electron chi connectivity index (χ0n) is 18.4. The second kappa shape index (κ2) is 8.53. The standard InChI is InChI=1S/C25H29N3O3/c1-25(2,3)22-11-12-23(29)28(26-22)19-13-15-27(16-14-19)24(30)17-31-21-10-6-8-18-7-4-5-9-20(18)21/h4-12,19H,13-17H2,1-3H3. The molecule has 1 saturated heterocycles. The summed E-state index contributed by atoms with van der Waals surface area (Å²) in [6.45, 7) is 7.45. The molecule has 1 amide bonds. The van der Waals surface area contributed by atoms with Crippen LogP contribution >= 0.6 is 0 Å². The van der Waals surface area contributed by atoms with Crippen molar-refractivity contribution in [3.8, 4) is 5.75 Å². The summed E-state index contributed by atoms with van der Waals surface area (Å²) < 4.78 is 7.47. The van der Waals surface area contributed by atoms with Gasteiger partial charge in [0, 0.05) is 30.0 Å². The number of piperidine rings is 1. The van der Waals surface area contributed by atoms with Crippen LogP contribution in [-0.4, -0.2) is 40.3 Å². The largest absolute Gasteiger partial charge is 0.483 e. The van der Waals surface area contributed by atoms with E-state index in [0.29, 0.717) is 25.9 Å². The maximum atomic E-state index is 12.7. The average Bonchev–Trinajstić information content (AvgIpc) is 2.77. The fourth-order valence-corrected chi connectivity index (χ4v) is 4.00. The second-order valence-electron chi connectivity index (χ2n) is 9.13. The zero-order valence-corrected chi connectivity index (χ0v) is 18.4. The Morgan fingerprint density at radius 3 is 2.48 bits per heavy atom. The molecule has 1 aromatic heterocycles. The lowest BCUT2D eigenvalue weighted by Gasteiger charge is -2.32. The van der Waals surface area contributed by atoms with Gasteiger partial charge >= 0.3 is 0 Å². The molecule has 1 fully saturated rings. The summed E-state index contributed by atoms with van der Waals surface area (Å²) in [6, 6.07) is 17.2. The molecule has 0 spiro atoms. The summed E-state index contributed by atoms with van der Waals surface area (Å²) in [4.78, 5) is 26.9. The lowest BCUT2D eigenvalue weighted by atomic mass is 9.92. The van der Waals surface area contributed by atoms with Crippen molar-refractivity contribution < 1.29 is 9.53 Å². The fraction of sp³-hybridized carbons (Fsp3) is 0.400. The molecule has 3 aromatic rings. The quantitative estimate of drug-likeness (QED) is 0.643. The van der Waals surface area contributed by atoms with Crippen LogP contribution in [0, 0.1) is 0 Å². The normalized spacial score (nSPS) is 15.3. The highest BCUT2D eigenvalue weighted by molar-refractivity contribution is 5.88. The third-order valence-electron chi connectivity index (χ3n) is 5.86. The minimum absolute atomic E-state index is 0.0103. The minimum atomic E-state index is -0.120. The number of likely N-dealkylation sites (tertiary alicyclic amines) is 1. The molecule has 0 bridgehead atoms. The number of rotatable bonds is 4. The van der Waals surface area contributed by atoms with Gasteiger partial charge in [-0.05, 0) is 30.4 Å². The van der Waals surface area contributed by atoms with Crippen LogP contribution in [0.25, 0.3) is 10.8 Å². The highest BCUT2D eigenvalue weighted by atomic mass is 16.5. The molecule has 1 aliphatic rings. The van der Waals surface area contributed by atoms with E-state index in [4.69, 9.17) is 4.74 Å². The Morgan fingerprint density at radius 1 is 1.03 bits per heavy atom. The predicted molar refractivity (Wildman–Crippen MR) is 121 cm³/mol. The van der Waals surface area contributed by atoms with Gasteiger partial charge in [0.15, 0.2) is 6.61 Å². The maximum Gasteiger partial charge on any atom is 0.267 e. The van der Waals surface area contributed by atoms with Gasteiger partial charge in [-0.3, -0.25) is 9.59 Å². The van der Waals surface area contributed by atoms with E-state index in [1.54, 1.807) is 10.7 Å². The van der Waals surface area contributed by atoms with Crippen LogP contribution < -0.4 is 10.3 Å². The van der Waals surface area contributed by atoms with Crippen molar-refractivity contribution in [2.45, 2.75) is 45.1 Å². The predicted octanol–water partition coefficient (Wildman–Crippen LogP) is 3.94. The summed E-state index contributed by atoms with van der Waals surface area (Å²) in [5.41, 5.74) is 0.691. The second-order valence-corrected chi connectivity index (χ2v) is 9.13. The van der Waals surface area contributed by atoms with Gasteiger partial charge in [0.25, 0.3) is 11.5 Å². The first kappa shape index (κ1) is 21.1. The van der Waals surface area contributed by atoms with E-state index in [0.717, 1.165) is 22.2 Å². The van der Waals surface area contributed by atoms with Crippen LogP contribution in [-0.2, 0) is 10.2 Å². The van der Waals surface area contributed by atoms with Crippen LogP contribution in [0.15, 0.2) is 59.4 Å². The van der Waals surface area contributed by atoms with E-state index in [2.05, 4.69) is 25.9 Å². The summed E-state index contributed by atoms with van der Waals surface area (Å²) in [7, 11) is 0. The van der Waals surface area contributed by atoms with Crippen LogP contribution in [0.5, 0.6) is 5.75 Å². The van der Waals surface area contributed by atoms with Crippen LogP contribution in [0.1, 0.15) is 45.3 Å². The van der Waals surface area contributed by atoms with E-state index in [9.17, 15) is 9.59 Å². The Balaban J connectivity index is 1.38. The molecular weight excluding hydrogens is 390 g/mol. The Labute approximate surface area is 182 Å². The molecule has 0 aliphatic carbocycles. The smallest absolute Gasteiger partial charge is 0.267 e. The van der Waals surface area contributed by atoms with E-state index >= 15 is 0 Å².